The van der Waals surface area contributed by atoms with Gasteiger partial charge < -0.3 is 25.0 Å². The van der Waals surface area contributed by atoms with Gasteiger partial charge in [-0.2, -0.15) is 0 Å². The molecule has 1 aromatic carbocycles. The van der Waals surface area contributed by atoms with Crippen molar-refractivity contribution in [2.24, 2.45) is 0 Å². The van der Waals surface area contributed by atoms with Crippen molar-refractivity contribution in [2.45, 2.75) is 32.2 Å². The van der Waals surface area contributed by atoms with Gasteiger partial charge in [0.05, 0.1) is 22.6 Å². The zero-order valence-corrected chi connectivity index (χ0v) is 13.2. The lowest BCUT2D eigenvalue weighted by Crippen LogP contribution is -2.51. The van der Waals surface area contributed by atoms with Crippen molar-refractivity contribution in [3.63, 3.8) is 0 Å². The number of fused-ring (bicyclic) bond motifs is 1. The lowest BCUT2D eigenvalue weighted by molar-refractivity contribution is -0.384. The second-order valence-electron chi connectivity index (χ2n) is 5.63. The highest BCUT2D eigenvalue weighted by molar-refractivity contribution is 5.80. The molecule has 2 aromatic rings. The van der Waals surface area contributed by atoms with Crippen LogP contribution in [0.4, 0.5) is 17.1 Å². The first-order valence-corrected chi connectivity index (χ1v) is 7.73. The van der Waals surface area contributed by atoms with E-state index in [0.717, 1.165) is 12.8 Å². The van der Waals surface area contributed by atoms with Crippen LogP contribution in [0.2, 0.25) is 0 Å². The van der Waals surface area contributed by atoms with Crippen molar-refractivity contribution >= 4 is 17.1 Å². The quantitative estimate of drug-likeness (QED) is 0.560. The Balaban J connectivity index is 2.13. The average molecular weight is 333 g/mol. The van der Waals surface area contributed by atoms with Crippen LogP contribution in [0.25, 0.3) is 5.69 Å². The van der Waals surface area contributed by atoms with Crippen molar-refractivity contribution in [1.29, 1.82) is 0 Å². The number of nitro benzene ring substituents is 1. The van der Waals surface area contributed by atoms with Gasteiger partial charge in [0.25, 0.3) is 5.69 Å². The van der Waals surface area contributed by atoms with E-state index >= 15 is 0 Å². The summed E-state index contributed by atoms with van der Waals surface area (Å²) in [6.07, 6.45) is 4.03. The fraction of sp³-hybridized carbons (Fsp3) is 0.400. The Morgan fingerprint density at radius 1 is 1.38 bits per heavy atom. The number of unbranched alkanes of at least 4 members (excludes halogenated alkanes) is 1. The number of nitrogens with one attached hydrogen (secondary N) is 1. The molecule has 9 heteroatoms. The minimum atomic E-state index is -1.21. The van der Waals surface area contributed by atoms with E-state index in [1.165, 1.54) is 18.6 Å². The number of imidazole rings is 1. The summed E-state index contributed by atoms with van der Waals surface area (Å²) in [7, 11) is 0. The first kappa shape index (κ1) is 16.2. The van der Waals surface area contributed by atoms with Crippen molar-refractivity contribution in [3.8, 4) is 5.69 Å². The van der Waals surface area contributed by atoms with E-state index < -0.39 is 17.4 Å². The minimum Gasteiger partial charge on any atom is -0.369 e. The third-order valence-electron chi connectivity index (χ3n) is 4.04. The van der Waals surface area contributed by atoms with Gasteiger partial charge in [0.15, 0.2) is 12.5 Å². The summed E-state index contributed by atoms with van der Waals surface area (Å²) >= 11 is 0. The molecule has 0 amide bonds. The van der Waals surface area contributed by atoms with Gasteiger partial charge in [-0.05, 0) is 12.5 Å². The van der Waals surface area contributed by atoms with Crippen LogP contribution in [-0.4, -0.2) is 43.7 Å². The maximum atomic E-state index is 11.4. The highest BCUT2D eigenvalue weighted by Gasteiger charge is 2.33. The van der Waals surface area contributed by atoms with Gasteiger partial charge in [-0.25, -0.2) is 4.98 Å². The van der Waals surface area contributed by atoms with Crippen molar-refractivity contribution in [1.82, 2.24) is 9.55 Å². The Morgan fingerprint density at radius 2 is 2.17 bits per heavy atom. The van der Waals surface area contributed by atoms with Crippen LogP contribution in [-0.2, 0) is 0 Å². The van der Waals surface area contributed by atoms with E-state index in [1.54, 1.807) is 21.7 Å². The molecule has 2 unspecified atom stereocenters. The molecule has 0 spiro atoms. The average Bonchev–Trinajstić information content (AvgIpc) is 3.08. The third-order valence-corrected chi connectivity index (χ3v) is 4.04. The van der Waals surface area contributed by atoms with E-state index in [2.05, 4.69) is 10.3 Å². The van der Waals surface area contributed by atoms with Gasteiger partial charge in [0.1, 0.15) is 5.69 Å². The van der Waals surface area contributed by atoms with Crippen molar-refractivity contribution < 1.29 is 15.1 Å². The molecule has 128 valence electrons. The van der Waals surface area contributed by atoms with Crippen molar-refractivity contribution in [3.05, 3.63) is 41.0 Å². The van der Waals surface area contributed by atoms with E-state index in [9.17, 15) is 20.3 Å². The number of nitrogens with zero attached hydrogens (tertiary/aromatic N) is 4. The van der Waals surface area contributed by atoms with Gasteiger partial charge in [0, 0.05) is 25.0 Å². The third kappa shape index (κ3) is 2.79. The number of aliphatic hydroxyl groups excluding tert-OH is 2. The number of rotatable bonds is 5. The maximum absolute atomic E-state index is 11.4. The molecule has 0 bridgehead atoms. The van der Waals surface area contributed by atoms with E-state index in [1.807, 2.05) is 6.92 Å². The molecule has 2 atom stereocenters. The number of hydrogen-bond donors (Lipinski definition) is 3. The Morgan fingerprint density at radius 3 is 2.79 bits per heavy atom. The summed E-state index contributed by atoms with van der Waals surface area (Å²) in [5, 5.41) is 34.4. The second kappa shape index (κ2) is 6.46. The monoisotopic (exact) mass is 333 g/mol. The Bertz CT molecular complexity index is 734. The first-order valence-electron chi connectivity index (χ1n) is 7.73. The van der Waals surface area contributed by atoms with Crippen LogP contribution >= 0.6 is 0 Å². The summed E-state index contributed by atoms with van der Waals surface area (Å²) in [5.41, 5.74) is 1.26. The van der Waals surface area contributed by atoms with Crippen LogP contribution < -0.4 is 10.2 Å². The standard InChI is InChI=1S/C15H19N5O4/c1-2-3-5-19-11-8-12(18-6-4-16-9-18)13(20(23)24)7-10(11)17-14(21)15(19)22/h4,6-9,14-15,17,21-22H,2-3,5H2,1H3. The number of benzene rings is 1. The molecule has 1 aromatic heterocycles. The van der Waals surface area contributed by atoms with Crippen LogP contribution in [0, 0.1) is 10.1 Å². The first-order chi connectivity index (χ1) is 11.5. The Labute approximate surface area is 138 Å². The number of hydrogen-bond acceptors (Lipinski definition) is 7. The fourth-order valence-electron chi connectivity index (χ4n) is 2.80. The molecule has 2 heterocycles. The highest BCUT2D eigenvalue weighted by atomic mass is 16.6. The lowest BCUT2D eigenvalue weighted by atomic mass is 10.1. The van der Waals surface area contributed by atoms with Crippen molar-refractivity contribution in [2.75, 3.05) is 16.8 Å². The van der Waals surface area contributed by atoms with Crippen LogP contribution in [0.15, 0.2) is 30.9 Å². The lowest BCUT2D eigenvalue weighted by Gasteiger charge is -2.39. The van der Waals surface area contributed by atoms with E-state index in [4.69, 9.17) is 0 Å². The van der Waals surface area contributed by atoms with E-state index in [0.29, 0.717) is 23.6 Å². The molecule has 0 aliphatic carbocycles. The topological polar surface area (TPSA) is 117 Å². The van der Waals surface area contributed by atoms with Gasteiger partial charge in [-0.1, -0.05) is 13.3 Å². The predicted molar refractivity (Wildman–Crippen MR) is 88.1 cm³/mol. The zero-order chi connectivity index (χ0) is 17.3. The number of anilines is 2. The molecule has 24 heavy (non-hydrogen) atoms. The van der Waals surface area contributed by atoms with E-state index in [-0.39, 0.29) is 5.69 Å². The largest absolute Gasteiger partial charge is 0.369 e. The molecule has 1 aliphatic heterocycles. The molecule has 9 nitrogen and oxygen atoms in total. The van der Waals surface area contributed by atoms with Crippen LogP contribution in [0.1, 0.15) is 19.8 Å². The molecular weight excluding hydrogens is 314 g/mol. The molecule has 3 N–H and O–H groups in total. The van der Waals surface area contributed by atoms with Gasteiger partial charge >= 0.3 is 0 Å². The van der Waals surface area contributed by atoms with Gasteiger partial charge in [-0.15, -0.1) is 0 Å². The Kier molecular flexibility index (Phi) is 4.36. The molecule has 3 rings (SSSR count). The molecule has 0 saturated carbocycles. The smallest absolute Gasteiger partial charge is 0.295 e. The highest BCUT2D eigenvalue weighted by Crippen LogP contribution is 2.39. The normalized spacial score (nSPS) is 19.7. The summed E-state index contributed by atoms with van der Waals surface area (Å²) in [4.78, 5) is 16.5. The molecular formula is C15H19N5O4. The maximum Gasteiger partial charge on any atom is 0.295 e. The zero-order valence-electron chi connectivity index (χ0n) is 13.2. The second-order valence-corrected chi connectivity index (χ2v) is 5.63. The number of nitro groups is 1. The number of aromatic nitrogens is 2. The SMILES string of the molecule is CCCCN1c2cc(-n3ccnc3)c([N+](=O)[O-])cc2NC(O)C1O. The summed E-state index contributed by atoms with van der Waals surface area (Å²) < 4.78 is 1.55. The number of aliphatic hydroxyl groups is 2. The predicted octanol–water partition coefficient (Wildman–Crippen LogP) is 1.45. The summed E-state index contributed by atoms with van der Waals surface area (Å²) in [6.45, 7) is 2.56. The minimum absolute atomic E-state index is 0.113. The van der Waals surface area contributed by atoms with Gasteiger partial charge in [0.2, 0.25) is 0 Å². The molecule has 1 aliphatic rings. The van der Waals surface area contributed by atoms with Crippen LogP contribution in [0.3, 0.4) is 0 Å². The van der Waals surface area contributed by atoms with Gasteiger partial charge in [-0.3, -0.25) is 10.1 Å². The Hall–Kier alpha value is -2.65. The summed E-state index contributed by atoms with van der Waals surface area (Å²) in [6, 6.07) is 3.01. The molecule has 0 fully saturated rings. The van der Waals surface area contributed by atoms with Crippen LogP contribution in [0.5, 0.6) is 0 Å². The summed E-state index contributed by atoms with van der Waals surface area (Å²) in [5.74, 6) is 0. The fourth-order valence-corrected chi connectivity index (χ4v) is 2.80. The molecule has 0 saturated heterocycles. The molecule has 0 radical (unpaired) electrons.